The normalized spacial score (nSPS) is 12.8. The molecule has 0 atom stereocenters. The van der Waals surface area contributed by atoms with Crippen LogP contribution in [0.15, 0.2) is 50.9 Å². The van der Waals surface area contributed by atoms with Gasteiger partial charge in [0, 0.05) is 22.7 Å². The quantitative estimate of drug-likeness (QED) is 0.315. The molecule has 0 amide bonds. The van der Waals surface area contributed by atoms with Crippen molar-refractivity contribution in [2.45, 2.75) is 30.8 Å². The topological polar surface area (TPSA) is 92.3 Å². The van der Waals surface area contributed by atoms with Gasteiger partial charge in [-0.3, -0.25) is 9.36 Å². The van der Waals surface area contributed by atoms with Gasteiger partial charge in [-0.1, -0.05) is 40.7 Å². The Morgan fingerprint density at radius 3 is 2.74 bits per heavy atom. The lowest BCUT2D eigenvalue weighted by Crippen LogP contribution is -2.25. The van der Waals surface area contributed by atoms with Crippen molar-refractivity contribution in [1.29, 1.82) is 0 Å². The predicted octanol–water partition coefficient (Wildman–Crippen LogP) is 4.70. The Bertz CT molecular complexity index is 1350. The molecular weight excluding hydrogens is 440 g/mol. The maximum atomic E-state index is 13.2. The van der Waals surface area contributed by atoms with Gasteiger partial charge in [0.15, 0.2) is 16.7 Å². The van der Waals surface area contributed by atoms with Gasteiger partial charge in [0.2, 0.25) is 18.5 Å². The van der Waals surface area contributed by atoms with Crippen molar-refractivity contribution in [3.05, 3.63) is 57.7 Å². The second-order valence-corrected chi connectivity index (χ2v) is 8.58. The van der Waals surface area contributed by atoms with Crippen molar-refractivity contribution in [1.82, 2.24) is 19.7 Å². The van der Waals surface area contributed by atoms with Gasteiger partial charge in [-0.15, -0.1) is 0 Å². The highest BCUT2D eigenvalue weighted by molar-refractivity contribution is 7.98. The summed E-state index contributed by atoms with van der Waals surface area (Å²) in [5, 5.41) is 5.68. The van der Waals surface area contributed by atoms with Crippen LogP contribution < -0.4 is 15.0 Å². The summed E-state index contributed by atoms with van der Waals surface area (Å²) in [6.07, 6.45) is 0. The van der Waals surface area contributed by atoms with Crippen LogP contribution >= 0.6 is 23.4 Å². The second kappa shape index (κ2) is 7.90. The molecule has 0 unspecified atom stereocenters. The standard InChI is InChI=1S/C21H17ClN4O4S/c1-11(2)26-20(27)14-7-16-17(29-10-28-16)8-15(14)23-21(26)31-9-18-24-19(25-30-18)12-4-3-5-13(22)6-12/h3-8,11H,9-10H2,1-2H3. The Morgan fingerprint density at radius 1 is 1.16 bits per heavy atom. The number of aromatic nitrogens is 4. The zero-order valence-corrected chi connectivity index (χ0v) is 18.2. The van der Waals surface area contributed by atoms with Crippen LogP contribution in [0.25, 0.3) is 22.3 Å². The molecule has 2 aromatic carbocycles. The molecule has 3 heterocycles. The molecule has 0 N–H and O–H groups in total. The van der Waals surface area contributed by atoms with Gasteiger partial charge in [-0.05, 0) is 32.0 Å². The summed E-state index contributed by atoms with van der Waals surface area (Å²) in [4.78, 5) is 22.3. The minimum Gasteiger partial charge on any atom is -0.454 e. The lowest BCUT2D eigenvalue weighted by Gasteiger charge is -2.15. The van der Waals surface area contributed by atoms with Gasteiger partial charge in [0.05, 0.1) is 16.7 Å². The number of ether oxygens (including phenoxy) is 2. The molecule has 0 spiro atoms. The molecule has 0 saturated carbocycles. The molecule has 0 bridgehead atoms. The smallest absolute Gasteiger partial charge is 0.262 e. The van der Waals surface area contributed by atoms with Crippen molar-refractivity contribution in [2.24, 2.45) is 0 Å². The number of fused-ring (bicyclic) bond motifs is 2. The molecule has 10 heteroatoms. The molecule has 2 aromatic heterocycles. The first-order valence-electron chi connectivity index (χ1n) is 9.57. The van der Waals surface area contributed by atoms with E-state index in [-0.39, 0.29) is 18.4 Å². The molecular formula is C21H17ClN4O4S. The predicted molar refractivity (Wildman–Crippen MR) is 117 cm³/mol. The average molecular weight is 457 g/mol. The van der Waals surface area contributed by atoms with E-state index in [1.165, 1.54) is 11.8 Å². The molecule has 1 aliphatic rings. The van der Waals surface area contributed by atoms with Gasteiger partial charge in [-0.2, -0.15) is 4.98 Å². The fraction of sp³-hybridized carbons (Fsp3) is 0.238. The van der Waals surface area contributed by atoms with Gasteiger partial charge in [0.1, 0.15) is 0 Å². The molecule has 0 fully saturated rings. The van der Waals surface area contributed by atoms with Crippen LogP contribution in [0.4, 0.5) is 0 Å². The van der Waals surface area contributed by atoms with Crippen molar-refractivity contribution >= 4 is 34.3 Å². The number of thioether (sulfide) groups is 1. The van der Waals surface area contributed by atoms with Crippen LogP contribution in [0.3, 0.4) is 0 Å². The zero-order chi connectivity index (χ0) is 21.5. The molecule has 0 radical (unpaired) electrons. The number of rotatable bonds is 5. The molecule has 1 aliphatic heterocycles. The summed E-state index contributed by atoms with van der Waals surface area (Å²) in [6, 6.07) is 10.6. The third kappa shape index (κ3) is 3.75. The summed E-state index contributed by atoms with van der Waals surface area (Å²) < 4.78 is 17.9. The van der Waals surface area contributed by atoms with Gasteiger partial charge >= 0.3 is 0 Å². The summed E-state index contributed by atoms with van der Waals surface area (Å²) >= 11 is 7.40. The fourth-order valence-corrected chi connectivity index (χ4v) is 4.47. The second-order valence-electron chi connectivity index (χ2n) is 7.20. The van der Waals surface area contributed by atoms with E-state index in [0.29, 0.717) is 50.0 Å². The average Bonchev–Trinajstić information content (AvgIpc) is 3.40. The number of hydrogen-bond acceptors (Lipinski definition) is 8. The van der Waals surface area contributed by atoms with Crippen LogP contribution in [0, 0.1) is 0 Å². The SMILES string of the molecule is CC(C)n1c(SCc2nc(-c3cccc(Cl)c3)no2)nc2cc3c(cc2c1=O)OCO3. The van der Waals surface area contributed by atoms with Crippen LogP contribution in [-0.2, 0) is 5.75 Å². The lowest BCUT2D eigenvalue weighted by molar-refractivity contribution is 0.174. The highest BCUT2D eigenvalue weighted by Gasteiger charge is 2.21. The molecule has 158 valence electrons. The Kier molecular flexibility index (Phi) is 5.07. The highest BCUT2D eigenvalue weighted by atomic mass is 35.5. The van der Waals surface area contributed by atoms with E-state index in [0.717, 1.165) is 5.56 Å². The molecule has 31 heavy (non-hydrogen) atoms. The maximum Gasteiger partial charge on any atom is 0.262 e. The third-order valence-corrected chi connectivity index (χ3v) is 5.93. The van der Waals surface area contributed by atoms with E-state index in [4.69, 9.17) is 30.6 Å². The van der Waals surface area contributed by atoms with Crippen LogP contribution in [-0.4, -0.2) is 26.5 Å². The minimum absolute atomic E-state index is 0.0815. The summed E-state index contributed by atoms with van der Waals surface area (Å²) in [5.74, 6) is 2.39. The van der Waals surface area contributed by atoms with E-state index < -0.39 is 0 Å². The van der Waals surface area contributed by atoms with E-state index in [1.807, 2.05) is 26.0 Å². The number of nitrogens with zero attached hydrogens (tertiary/aromatic N) is 4. The van der Waals surface area contributed by atoms with Gasteiger partial charge < -0.3 is 14.0 Å². The highest BCUT2D eigenvalue weighted by Crippen LogP contribution is 2.35. The van der Waals surface area contributed by atoms with E-state index in [1.54, 1.807) is 28.8 Å². The molecule has 5 rings (SSSR count). The Labute approximate surface area is 186 Å². The van der Waals surface area contributed by atoms with E-state index >= 15 is 0 Å². The number of hydrogen-bond donors (Lipinski definition) is 0. The van der Waals surface area contributed by atoms with E-state index in [2.05, 4.69) is 10.1 Å². The maximum absolute atomic E-state index is 13.2. The first-order valence-corrected chi connectivity index (χ1v) is 10.9. The number of halogens is 1. The summed E-state index contributed by atoms with van der Waals surface area (Å²) in [5.41, 5.74) is 1.19. The Balaban J connectivity index is 1.47. The molecule has 0 aliphatic carbocycles. The Hall–Kier alpha value is -3.04. The summed E-state index contributed by atoms with van der Waals surface area (Å²) in [7, 11) is 0. The van der Waals surface area contributed by atoms with Gasteiger partial charge in [-0.25, -0.2) is 4.98 Å². The van der Waals surface area contributed by atoms with Crippen LogP contribution in [0.2, 0.25) is 5.02 Å². The summed E-state index contributed by atoms with van der Waals surface area (Å²) in [6.45, 7) is 4.02. The van der Waals surface area contributed by atoms with Crippen LogP contribution in [0.5, 0.6) is 11.5 Å². The largest absolute Gasteiger partial charge is 0.454 e. The Morgan fingerprint density at radius 2 is 1.97 bits per heavy atom. The zero-order valence-electron chi connectivity index (χ0n) is 16.7. The number of benzene rings is 2. The fourth-order valence-electron chi connectivity index (χ4n) is 3.31. The molecule has 8 nitrogen and oxygen atoms in total. The molecule has 4 aromatic rings. The lowest BCUT2D eigenvalue weighted by atomic mass is 10.2. The molecule has 0 saturated heterocycles. The van der Waals surface area contributed by atoms with Gasteiger partial charge in [0.25, 0.3) is 5.56 Å². The third-order valence-electron chi connectivity index (χ3n) is 4.75. The van der Waals surface area contributed by atoms with E-state index in [9.17, 15) is 4.79 Å². The van der Waals surface area contributed by atoms with Crippen molar-refractivity contribution < 1.29 is 14.0 Å². The van der Waals surface area contributed by atoms with Crippen molar-refractivity contribution in [3.63, 3.8) is 0 Å². The van der Waals surface area contributed by atoms with Crippen molar-refractivity contribution in [2.75, 3.05) is 6.79 Å². The monoisotopic (exact) mass is 456 g/mol. The van der Waals surface area contributed by atoms with Crippen molar-refractivity contribution in [3.8, 4) is 22.9 Å². The first kappa shape index (κ1) is 19.9. The van der Waals surface area contributed by atoms with Crippen LogP contribution in [0.1, 0.15) is 25.8 Å². The minimum atomic E-state index is -0.133. The first-order chi connectivity index (χ1) is 15.0.